The van der Waals surface area contributed by atoms with Crippen LogP contribution in [0.4, 0.5) is 0 Å². The average Bonchev–Trinajstić information content (AvgIpc) is 2.64. The Kier molecular flexibility index (Phi) is 4.99. The molecule has 0 aliphatic heterocycles. The highest BCUT2D eigenvalue weighted by Gasteiger charge is 2.06. The largest absolute Gasteiger partial charge is 0.294 e. The van der Waals surface area contributed by atoms with Gasteiger partial charge in [0.2, 0.25) is 0 Å². The summed E-state index contributed by atoms with van der Waals surface area (Å²) in [6, 6.07) is 0. The highest BCUT2D eigenvalue weighted by molar-refractivity contribution is 7.09. The van der Waals surface area contributed by atoms with E-state index < -0.39 is 0 Å². The molecule has 1 rings (SSSR count). The van der Waals surface area contributed by atoms with Gasteiger partial charge in [0, 0.05) is 18.5 Å². The molecule has 0 fully saturated rings. The normalized spacial score (nSPS) is 10.9. The third kappa shape index (κ3) is 4.14. The van der Waals surface area contributed by atoms with Gasteiger partial charge in [-0.3, -0.25) is 4.90 Å². The minimum absolute atomic E-state index is 0.944. The molecule has 0 saturated carbocycles. The SMILES string of the molecule is C=C(C)CN(CC)Cc1csc(CC)n1. The zero-order chi connectivity index (χ0) is 11.3. The highest BCUT2D eigenvalue weighted by atomic mass is 32.1. The topological polar surface area (TPSA) is 16.1 Å². The third-order valence-electron chi connectivity index (χ3n) is 2.23. The van der Waals surface area contributed by atoms with Crippen LogP contribution in [0.25, 0.3) is 0 Å². The van der Waals surface area contributed by atoms with Crippen LogP contribution in [0.1, 0.15) is 31.5 Å². The summed E-state index contributed by atoms with van der Waals surface area (Å²) in [4.78, 5) is 6.93. The first-order chi connectivity index (χ1) is 7.15. The van der Waals surface area contributed by atoms with Crippen LogP contribution >= 0.6 is 11.3 Å². The molecule has 0 aliphatic rings. The van der Waals surface area contributed by atoms with Gasteiger partial charge in [-0.05, 0) is 19.9 Å². The van der Waals surface area contributed by atoms with Crippen molar-refractivity contribution in [3.63, 3.8) is 0 Å². The third-order valence-corrected chi connectivity index (χ3v) is 3.27. The molecule has 2 nitrogen and oxygen atoms in total. The van der Waals surface area contributed by atoms with Crippen molar-refractivity contribution in [2.75, 3.05) is 13.1 Å². The van der Waals surface area contributed by atoms with Gasteiger partial charge in [-0.1, -0.05) is 26.0 Å². The van der Waals surface area contributed by atoms with E-state index in [2.05, 4.69) is 42.6 Å². The van der Waals surface area contributed by atoms with E-state index in [0.29, 0.717) is 0 Å². The average molecular weight is 224 g/mol. The van der Waals surface area contributed by atoms with E-state index in [9.17, 15) is 0 Å². The highest BCUT2D eigenvalue weighted by Crippen LogP contribution is 2.12. The number of thiazole rings is 1. The quantitative estimate of drug-likeness (QED) is 0.690. The van der Waals surface area contributed by atoms with E-state index in [1.807, 2.05) is 0 Å². The number of aryl methyl sites for hydroxylation is 1. The standard InChI is InChI=1S/C12H20N2S/c1-5-12-13-11(9-15-12)8-14(6-2)7-10(3)4/h9H,3,5-8H2,1-2,4H3. The molecule has 0 aliphatic carbocycles. The molecule has 0 unspecified atom stereocenters. The second-order valence-corrected chi connectivity index (χ2v) is 4.79. The smallest absolute Gasteiger partial charge is 0.0926 e. The van der Waals surface area contributed by atoms with E-state index >= 15 is 0 Å². The number of likely N-dealkylation sites (N-methyl/N-ethyl adjacent to an activating group) is 1. The van der Waals surface area contributed by atoms with E-state index in [0.717, 1.165) is 26.1 Å². The Balaban J connectivity index is 2.54. The Morgan fingerprint density at radius 2 is 2.27 bits per heavy atom. The molecule has 0 N–H and O–H groups in total. The second kappa shape index (κ2) is 6.03. The van der Waals surface area contributed by atoms with Gasteiger partial charge in [0.1, 0.15) is 0 Å². The van der Waals surface area contributed by atoms with Crippen molar-refractivity contribution >= 4 is 11.3 Å². The Morgan fingerprint density at radius 3 is 2.73 bits per heavy atom. The van der Waals surface area contributed by atoms with E-state index in [1.165, 1.54) is 16.3 Å². The zero-order valence-electron chi connectivity index (χ0n) is 9.92. The molecule has 0 amide bonds. The van der Waals surface area contributed by atoms with E-state index in [1.54, 1.807) is 11.3 Å². The van der Waals surface area contributed by atoms with Crippen molar-refractivity contribution in [2.45, 2.75) is 33.7 Å². The Labute approximate surface area is 96.6 Å². The number of rotatable bonds is 6. The molecule has 0 spiro atoms. The summed E-state index contributed by atoms with van der Waals surface area (Å²) in [5.41, 5.74) is 2.41. The molecule has 0 aromatic carbocycles. The minimum atomic E-state index is 0.944. The predicted molar refractivity (Wildman–Crippen MR) is 67.3 cm³/mol. The maximum absolute atomic E-state index is 4.57. The van der Waals surface area contributed by atoms with Gasteiger partial charge in [0.05, 0.1) is 10.7 Å². The molecule has 1 aromatic rings. The van der Waals surface area contributed by atoms with Crippen LogP contribution in [0.3, 0.4) is 0 Å². The maximum atomic E-state index is 4.57. The maximum Gasteiger partial charge on any atom is 0.0926 e. The fraction of sp³-hybridized carbons (Fsp3) is 0.583. The summed E-state index contributed by atoms with van der Waals surface area (Å²) in [6.07, 6.45) is 1.04. The Bertz CT molecular complexity index is 317. The van der Waals surface area contributed by atoms with Crippen LogP contribution in [0.15, 0.2) is 17.5 Å². The van der Waals surface area contributed by atoms with Crippen molar-refractivity contribution in [1.29, 1.82) is 0 Å². The second-order valence-electron chi connectivity index (χ2n) is 3.85. The van der Waals surface area contributed by atoms with E-state index in [-0.39, 0.29) is 0 Å². The van der Waals surface area contributed by atoms with Gasteiger partial charge in [0.15, 0.2) is 0 Å². The number of aromatic nitrogens is 1. The fourth-order valence-electron chi connectivity index (χ4n) is 1.47. The predicted octanol–water partition coefficient (Wildman–Crippen LogP) is 3.10. The van der Waals surface area contributed by atoms with Crippen LogP contribution in [-0.4, -0.2) is 23.0 Å². The van der Waals surface area contributed by atoms with Gasteiger partial charge in [-0.15, -0.1) is 11.3 Å². The summed E-state index contributed by atoms with van der Waals surface area (Å²) in [7, 11) is 0. The molecule has 15 heavy (non-hydrogen) atoms. The lowest BCUT2D eigenvalue weighted by molar-refractivity contribution is 0.301. The zero-order valence-corrected chi connectivity index (χ0v) is 10.7. The van der Waals surface area contributed by atoms with Gasteiger partial charge in [-0.2, -0.15) is 0 Å². The molecule has 0 bridgehead atoms. The van der Waals surface area contributed by atoms with Crippen molar-refractivity contribution in [2.24, 2.45) is 0 Å². The Morgan fingerprint density at radius 1 is 1.53 bits per heavy atom. The molecule has 0 atom stereocenters. The molecule has 3 heteroatoms. The van der Waals surface area contributed by atoms with Gasteiger partial charge < -0.3 is 0 Å². The number of hydrogen-bond donors (Lipinski definition) is 0. The summed E-state index contributed by atoms with van der Waals surface area (Å²) in [5.74, 6) is 0. The van der Waals surface area contributed by atoms with Crippen LogP contribution in [0.5, 0.6) is 0 Å². The van der Waals surface area contributed by atoms with Crippen molar-refractivity contribution < 1.29 is 0 Å². The lowest BCUT2D eigenvalue weighted by Gasteiger charge is -2.18. The molecular weight excluding hydrogens is 204 g/mol. The van der Waals surface area contributed by atoms with Gasteiger partial charge in [0.25, 0.3) is 0 Å². The molecule has 84 valence electrons. The first kappa shape index (κ1) is 12.4. The molecule has 0 saturated heterocycles. The van der Waals surface area contributed by atoms with Crippen molar-refractivity contribution in [1.82, 2.24) is 9.88 Å². The first-order valence-corrected chi connectivity index (χ1v) is 6.33. The minimum Gasteiger partial charge on any atom is -0.294 e. The van der Waals surface area contributed by atoms with Gasteiger partial charge in [-0.25, -0.2) is 4.98 Å². The number of nitrogens with zero attached hydrogens (tertiary/aromatic N) is 2. The molecule has 1 aromatic heterocycles. The van der Waals surface area contributed by atoms with Crippen LogP contribution in [-0.2, 0) is 13.0 Å². The molecule has 1 heterocycles. The Hall–Kier alpha value is -0.670. The summed E-state index contributed by atoms with van der Waals surface area (Å²) in [6.45, 7) is 13.3. The van der Waals surface area contributed by atoms with Crippen molar-refractivity contribution in [3.8, 4) is 0 Å². The molecule has 0 radical (unpaired) electrons. The van der Waals surface area contributed by atoms with Crippen LogP contribution < -0.4 is 0 Å². The summed E-state index contributed by atoms with van der Waals surface area (Å²) in [5, 5.41) is 3.40. The van der Waals surface area contributed by atoms with Crippen molar-refractivity contribution in [3.05, 3.63) is 28.2 Å². The number of hydrogen-bond acceptors (Lipinski definition) is 3. The monoisotopic (exact) mass is 224 g/mol. The lowest BCUT2D eigenvalue weighted by atomic mass is 10.3. The molecular formula is C12H20N2S. The van der Waals surface area contributed by atoms with Gasteiger partial charge >= 0.3 is 0 Å². The van der Waals surface area contributed by atoms with Crippen LogP contribution in [0, 0.1) is 0 Å². The van der Waals surface area contributed by atoms with E-state index in [4.69, 9.17) is 0 Å². The fourth-order valence-corrected chi connectivity index (χ4v) is 2.21. The first-order valence-electron chi connectivity index (χ1n) is 5.45. The lowest BCUT2D eigenvalue weighted by Crippen LogP contribution is -2.24. The van der Waals surface area contributed by atoms with Crippen LogP contribution in [0.2, 0.25) is 0 Å². The summed E-state index contributed by atoms with van der Waals surface area (Å²) >= 11 is 1.76. The summed E-state index contributed by atoms with van der Waals surface area (Å²) < 4.78 is 0.